The molecule has 0 aliphatic carbocycles. The molecule has 31 heavy (non-hydrogen) atoms. The molecule has 0 saturated carbocycles. The molecule has 2 aliphatic rings. The highest BCUT2D eigenvalue weighted by Crippen LogP contribution is 2.35. The van der Waals surface area contributed by atoms with E-state index >= 15 is 0 Å². The van der Waals surface area contributed by atoms with Crippen LogP contribution >= 0.6 is 23.2 Å². The maximum absolute atomic E-state index is 13.3. The van der Waals surface area contributed by atoms with Crippen LogP contribution in [0.15, 0.2) is 48.5 Å². The van der Waals surface area contributed by atoms with Crippen LogP contribution in [0.25, 0.3) is 0 Å². The van der Waals surface area contributed by atoms with Crippen LogP contribution in [-0.2, 0) is 9.59 Å². The molecule has 2 aromatic rings. The summed E-state index contributed by atoms with van der Waals surface area (Å²) in [6.07, 6.45) is -1.16. The fraction of sp³-hybridized carbons (Fsp3) is 0.286. The molecule has 162 valence electrons. The summed E-state index contributed by atoms with van der Waals surface area (Å²) in [4.78, 5) is 42.3. The Hall–Kier alpha value is -2.81. The number of anilines is 2. The molecule has 0 radical (unpaired) electrons. The molecule has 2 atom stereocenters. The number of halogens is 2. The van der Waals surface area contributed by atoms with Gasteiger partial charge in [0, 0.05) is 40.9 Å². The lowest BCUT2D eigenvalue weighted by Gasteiger charge is -2.37. The molecule has 0 aromatic heterocycles. The third-order valence-electron chi connectivity index (χ3n) is 5.70. The highest BCUT2D eigenvalue weighted by molar-refractivity contribution is 6.31. The van der Waals surface area contributed by atoms with Gasteiger partial charge < -0.3 is 20.6 Å². The van der Waals surface area contributed by atoms with Crippen molar-refractivity contribution in [3.8, 4) is 0 Å². The lowest BCUT2D eigenvalue weighted by molar-refractivity contribution is -0.131. The lowest BCUT2D eigenvalue weighted by Crippen LogP contribution is -2.66. The van der Waals surface area contributed by atoms with Crippen molar-refractivity contribution >= 4 is 52.5 Å². The van der Waals surface area contributed by atoms with Crippen LogP contribution in [0.2, 0.25) is 10.0 Å². The maximum atomic E-state index is 13.3. The number of benzene rings is 2. The average molecular weight is 463 g/mol. The zero-order valence-electron chi connectivity index (χ0n) is 16.4. The molecule has 0 spiro atoms. The standard InChI is InChI=1S/C21H20Cl2N4O4/c22-13-3-1-5-15(11-13)25-9-7-17(18(25)28)27(20(30)31)21(24)8-10-26(19(21)29)16-6-2-4-14(23)12-16/h1-6,11-12,17H,7-10,24H2,(H,30,31)/t17-,21-/m0/s1. The maximum Gasteiger partial charge on any atom is 0.409 e. The van der Waals surface area contributed by atoms with Crippen molar-refractivity contribution in [1.29, 1.82) is 0 Å². The smallest absolute Gasteiger partial charge is 0.409 e. The first kappa shape index (κ1) is 21.4. The van der Waals surface area contributed by atoms with Gasteiger partial charge in [0.15, 0.2) is 5.66 Å². The predicted molar refractivity (Wildman–Crippen MR) is 117 cm³/mol. The first-order valence-corrected chi connectivity index (χ1v) is 10.4. The van der Waals surface area contributed by atoms with Crippen LogP contribution < -0.4 is 15.5 Å². The highest BCUT2D eigenvalue weighted by Gasteiger charge is 2.55. The number of nitrogens with zero attached hydrogens (tertiary/aromatic N) is 3. The molecule has 2 fully saturated rings. The van der Waals surface area contributed by atoms with Crippen molar-refractivity contribution in [3.05, 3.63) is 58.6 Å². The summed E-state index contributed by atoms with van der Waals surface area (Å²) in [5.41, 5.74) is 5.62. The van der Waals surface area contributed by atoms with E-state index in [1.54, 1.807) is 48.5 Å². The average Bonchev–Trinajstić information content (AvgIpc) is 3.23. The summed E-state index contributed by atoms with van der Waals surface area (Å²) in [6.45, 7) is 0.494. The SMILES string of the molecule is N[C@]1(N(C(=O)O)[C@H]2CCN(c3cccc(Cl)c3)C2=O)CCN(c2cccc(Cl)c2)C1=O. The Balaban J connectivity index is 1.63. The van der Waals surface area contributed by atoms with E-state index in [9.17, 15) is 19.5 Å². The molecular formula is C21H20Cl2N4O4. The van der Waals surface area contributed by atoms with Gasteiger partial charge in [-0.1, -0.05) is 35.3 Å². The third kappa shape index (κ3) is 3.71. The minimum atomic E-state index is -1.86. The van der Waals surface area contributed by atoms with Crippen molar-refractivity contribution in [2.75, 3.05) is 22.9 Å². The third-order valence-corrected chi connectivity index (χ3v) is 6.17. The molecule has 2 aromatic carbocycles. The number of rotatable bonds is 4. The topological polar surface area (TPSA) is 107 Å². The summed E-state index contributed by atoms with van der Waals surface area (Å²) in [6, 6.07) is 12.3. The molecule has 2 aliphatic heterocycles. The lowest BCUT2D eigenvalue weighted by atomic mass is 10.0. The van der Waals surface area contributed by atoms with Gasteiger partial charge in [-0.25, -0.2) is 4.79 Å². The minimum Gasteiger partial charge on any atom is -0.465 e. The highest BCUT2D eigenvalue weighted by atomic mass is 35.5. The Morgan fingerprint density at radius 3 is 2.16 bits per heavy atom. The Morgan fingerprint density at radius 1 is 1.03 bits per heavy atom. The van der Waals surface area contributed by atoms with E-state index in [0.29, 0.717) is 21.4 Å². The van der Waals surface area contributed by atoms with E-state index in [0.717, 1.165) is 4.90 Å². The predicted octanol–water partition coefficient (Wildman–Crippen LogP) is 3.17. The van der Waals surface area contributed by atoms with Gasteiger partial charge in [-0.05, 0) is 42.8 Å². The van der Waals surface area contributed by atoms with Gasteiger partial charge in [-0.3, -0.25) is 14.5 Å². The molecule has 2 heterocycles. The molecule has 2 saturated heterocycles. The molecule has 10 heteroatoms. The van der Waals surface area contributed by atoms with Gasteiger partial charge in [-0.2, -0.15) is 0 Å². The monoisotopic (exact) mass is 462 g/mol. The quantitative estimate of drug-likeness (QED) is 0.678. The van der Waals surface area contributed by atoms with Crippen molar-refractivity contribution in [2.45, 2.75) is 24.5 Å². The van der Waals surface area contributed by atoms with E-state index in [1.807, 2.05) is 0 Å². The summed E-state index contributed by atoms with van der Waals surface area (Å²) < 4.78 is 0. The van der Waals surface area contributed by atoms with Crippen LogP contribution in [0.4, 0.5) is 16.2 Å². The Labute approximate surface area is 188 Å². The summed E-state index contributed by atoms with van der Waals surface area (Å²) in [5.74, 6) is -1.03. The van der Waals surface area contributed by atoms with E-state index in [4.69, 9.17) is 28.9 Å². The summed E-state index contributed by atoms with van der Waals surface area (Å²) in [5, 5.41) is 10.9. The van der Waals surface area contributed by atoms with Gasteiger partial charge >= 0.3 is 6.09 Å². The van der Waals surface area contributed by atoms with Gasteiger partial charge in [-0.15, -0.1) is 0 Å². The minimum absolute atomic E-state index is 0.0472. The zero-order valence-corrected chi connectivity index (χ0v) is 17.9. The van der Waals surface area contributed by atoms with Crippen LogP contribution in [0, 0.1) is 0 Å². The van der Waals surface area contributed by atoms with Gasteiger partial charge in [0.05, 0.1) is 0 Å². The van der Waals surface area contributed by atoms with E-state index < -0.39 is 29.6 Å². The van der Waals surface area contributed by atoms with Crippen molar-refractivity contribution in [1.82, 2.24) is 4.90 Å². The van der Waals surface area contributed by atoms with E-state index in [1.165, 1.54) is 9.80 Å². The molecule has 8 nitrogen and oxygen atoms in total. The molecule has 4 rings (SSSR count). The van der Waals surface area contributed by atoms with Crippen LogP contribution in [0.3, 0.4) is 0 Å². The van der Waals surface area contributed by atoms with Crippen molar-refractivity contribution in [3.63, 3.8) is 0 Å². The normalized spacial score (nSPS) is 23.5. The van der Waals surface area contributed by atoms with Crippen LogP contribution in [0.5, 0.6) is 0 Å². The first-order chi connectivity index (χ1) is 14.7. The van der Waals surface area contributed by atoms with Gasteiger partial charge in [0.2, 0.25) is 5.91 Å². The number of nitrogens with two attached hydrogens (primary N) is 1. The molecule has 3 amide bonds. The summed E-state index contributed by atoms with van der Waals surface area (Å²) >= 11 is 12.1. The fourth-order valence-electron chi connectivity index (χ4n) is 4.23. The first-order valence-electron chi connectivity index (χ1n) is 9.68. The van der Waals surface area contributed by atoms with Crippen molar-refractivity contribution < 1.29 is 19.5 Å². The molecule has 0 unspecified atom stereocenters. The Morgan fingerprint density at radius 2 is 1.61 bits per heavy atom. The molecular weight excluding hydrogens is 443 g/mol. The largest absolute Gasteiger partial charge is 0.465 e. The Kier molecular flexibility index (Phi) is 5.55. The number of carbonyl (C=O) groups excluding carboxylic acids is 2. The fourth-order valence-corrected chi connectivity index (χ4v) is 4.59. The van der Waals surface area contributed by atoms with Gasteiger partial charge in [0.25, 0.3) is 5.91 Å². The van der Waals surface area contributed by atoms with Crippen LogP contribution in [0.1, 0.15) is 12.8 Å². The second kappa shape index (κ2) is 8.03. The Bertz CT molecular complexity index is 1070. The molecule has 3 N–H and O–H groups in total. The van der Waals surface area contributed by atoms with Gasteiger partial charge in [0.1, 0.15) is 6.04 Å². The number of amides is 3. The zero-order chi connectivity index (χ0) is 22.3. The van der Waals surface area contributed by atoms with Crippen molar-refractivity contribution in [2.24, 2.45) is 5.73 Å². The second-order valence-electron chi connectivity index (χ2n) is 7.54. The number of carboxylic acid groups (broad SMARTS) is 1. The molecule has 0 bridgehead atoms. The second-order valence-corrected chi connectivity index (χ2v) is 8.41. The number of hydrogen-bond acceptors (Lipinski definition) is 4. The number of hydrogen-bond donors (Lipinski definition) is 2. The van der Waals surface area contributed by atoms with E-state index in [2.05, 4.69) is 0 Å². The van der Waals surface area contributed by atoms with Crippen LogP contribution in [-0.4, -0.2) is 52.7 Å². The van der Waals surface area contributed by atoms with E-state index in [-0.39, 0.29) is 25.9 Å². The summed E-state index contributed by atoms with van der Waals surface area (Å²) in [7, 11) is 0. The number of carbonyl (C=O) groups is 3.